The predicted molar refractivity (Wildman–Crippen MR) is 89.1 cm³/mol. The number of nitrogens with zero attached hydrogens (tertiary/aromatic N) is 2. The van der Waals surface area contributed by atoms with E-state index in [1.165, 1.54) is 12.3 Å². The Morgan fingerprint density at radius 3 is 2.85 bits per heavy atom. The van der Waals surface area contributed by atoms with Gasteiger partial charge in [0.15, 0.2) is 11.8 Å². The summed E-state index contributed by atoms with van der Waals surface area (Å²) in [5.41, 5.74) is 2.25. The Hall–Kier alpha value is -1.01. The summed E-state index contributed by atoms with van der Waals surface area (Å²) in [6.07, 6.45) is -6.91. The molecule has 2 saturated heterocycles. The minimum absolute atomic E-state index is 0.0554. The molecule has 3 N–H and O–H groups in total. The lowest BCUT2D eigenvalue weighted by atomic mass is 9.96. The molecule has 1 aromatic rings. The normalized spacial score (nSPS) is 37.3. The Morgan fingerprint density at radius 1 is 1.58 bits per heavy atom. The van der Waals surface area contributed by atoms with Gasteiger partial charge < -0.3 is 24.6 Å². The number of anilines is 1. The molecular formula is C13H18F2N3O6PS. The highest BCUT2D eigenvalue weighted by Crippen LogP contribution is 2.61. The number of alkyl halides is 2. The van der Waals surface area contributed by atoms with Gasteiger partial charge >= 0.3 is 12.4 Å². The van der Waals surface area contributed by atoms with E-state index in [1.807, 2.05) is 0 Å². The van der Waals surface area contributed by atoms with Gasteiger partial charge in [0.2, 0.25) is 0 Å². The zero-order valence-corrected chi connectivity index (χ0v) is 15.5. The molecule has 0 aromatic carbocycles. The Balaban J connectivity index is 1.97. The van der Waals surface area contributed by atoms with E-state index in [0.717, 1.165) is 4.57 Å². The molecule has 2 fully saturated rings. The van der Waals surface area contributed by atoms with Crippen molar-refractivity contribution in [1.29, 1.82) is 0 Å². The Bertz CT molecular complexity index is 795. The highest BCUT2D eigenvalue weighted by Gasteiger charge is 2.66. The average Bonchev–Trinajstić information content (AvgIpc) is 2.80. The maximum Gasteiger partial charge on any atom is 0.351 e. The summed E-state index contributed by atoms with van der Waals surface area (Å²) in [4.78, 5) is 15.5. The monoisotopic (exact) mass is 413 g/mol. The van der Waals surface area contributed by atoms with E-state index in [1.54, 1.807) is 13.8 Å². The molecule has 26 heavy (non-hydrogen) atoms. The van der Waals surface area contributed by atoms with E-state index in [0.29, 0.717) is 0 Å². The standard InChI is InChI=1S/C13H18F2N3O6PS/c1-6(2)23-25(26)21-5-13(11(14)15)9(24-25)8(19)10(22-13)18-4-3-7(16)17-12(18)20/h3-4,6,8-11,19H,5H2,1-2H3,(H2,16,17,20)/t8-,9-,10+,13+,25?/m0/s1. The quantitative estimate of drug-likeness (QED) is 0.691. The van der Waals surface area contributed by atoms with Gasteiger partial charge in [-0.25, -0.2) is 13.6 Å². The molecule has 2 aliphatic rings. The van der Waals surface area contributed by atoms with Crippen molar-refractivity contribution in [2.75, 3.05) is 12.3 Å². The maximum atomic E-state index is 13.8. The van der Waals surface area contributed by atoms with Gasteiger partial charge in [0.1, 0.15) is 18.0 Å². The number of halogens is 2. The second-order valence-corrected chi connectivity index (χ2v) is 9.11. The van der Waals surface area contributed by atoms with Crippen LogP contribution in [0.5, 0.6) is 0 Å². The maximum absolute atomic E-state index is 13.8. The number of fused-ring (bicyclic) bond motifs is 1. The Morgan fingerprint density at radius 2 is 2.27 bits per heavy atom. The fourth-order valence-electron chi connectivity index (χ4n) is 2.81. The molecule has 13 heteroatoms. The lowest BCUT2D eigenvalue weighted by molar-refractivity contribution is -0.204. The van der Waals surface area contributed by atoms with Gasteiger partial charge in [-0.1, -0.05) is 0 Å². The molecule has 3 heterocycles. The lowest BCUT2D eigenvalue weighted by Crippen LogP contribution is -2.56. The van der Waals surface area contributed by atoms with Crippen molar-refractivity contribution >= 4 is 24.3 Å². The number of ether oxygens (including phenoxy) is 1. The summed E-state index contributed by atoms with van der Waals surface area (Å²) >= 11 is 5.18. The van der Waals surface area contributed by atoms with Crippen LogP contribution >= 0.6 is 6.72 Å². The van der Waals surface area contributed by atoms with Gasteiger partial charge in [0.25, 0.3) is 6.43 Å². The van der Waals surface area contributed by atoms with Gasteiger partial charge in [0, 0.05) is 6.20 Å². The van der Waals surface area contributed by atoms with E-state index >= 15 is 0 Å². The molecule has 2 aliphatic heterocycles. The molecule has 5 atom stereocenters. The van der Waals surface area contributed by atoms with Gasteiger partial charge in [0.05, 0.1) is 12.7 Å². The summed E-state index contributed by atoms with van der Waals surface area (Å²) in [6, 6.07) is 1.28. The van der Waals surface area contributed by atoms with Crippen LogP contribution in [0.3, 0.4) is 0 Å². The van der Waals surface area contributed by atoms with Crippen LogP contribution in [0.15, 0.2) is 17.1 Å². The molecule has 1 aromatic heterocycles. The molecule has 0 aliphatic carbocycles. The number of nitrogen functional groups attached to an aromatic ring is 1. The fourth-order valence-corrected chi connectivity index (χ4v) is 5.39. The van der Waals surface area contributed by atoms with E-state index in [-0.39, 0.29) is 11.9 Å². The fraction of sp³-hybridized carbons (Fsp3) is 0.692. The highest BCUT2D eigenvalue weighted by atomic mass is 32.5. The van der Waals surface area contributed by atoms with Crippen LogP contribution in [0.1, 0.15) is 20.1 Å². The third kappa shape index (κ3) is 3.31. The summed E-state index contributed by atoms with van der Waals surface area (Å²) in [5, 5.41) is 10.6. The van der Waals surface area contributed by atoms with Crippen molar-refractivity contribution in [3.63, 3.8) is 0 Å². The number of aromatic nitrogens is 2. The number of aliphatic hydroxyl groups is 1. The first-order valence-corrected chi connectivity index (χ1v) is 10.2. The van der Waals surface area contributed by atoms with Crippen LogP contribution in [0.2, 0.25) is 0 Å². The zero-order valence-electron chi connectivity index (χ0n) is 13.8. The minimum Gasteiger partial charge on any atom is -0.386 e. The number of nitrogens with two attached hydrogens (primary N) is 1. The van der Waals surface area contributed by atoms with Gasteiger partial charge in [-0.15, -0.1) is 0 Å². The summed E-state index contributed by atoms with van der Waals surface area (Å²) in [5.74, 6) is -0.0554. The first-order chi connectivity index (χ1) is 12.1. The zero-order chi connectivity index (χ0) is 19.3. The van der Waals surface area contributed by atoms with Crippen LogP contribution in [0.25, 0.3) is 0 Å². The average molecular weight is 413 g/mol. The van der Waals surface area contributed by atoms with Crippen LogP contribution in [0, 0.1) is 0 Å². The molecule has 0 radical (unpaired) electrons. The number of aliphatic hydroxyl groups excluding tert-OH is 1. The molecule has 146 valence electrons. The number of hydrogen-bond acceptors (Lipinski definition) is 9. The van der Waals surface area contributed by atoms with E-state index in [2.05, 4.69) is 4.98 Å². The first kappa shape index (κ1) is 19.7. The van der Waals surface area contributed by atoms with Gasteiger partial charge in [-0.3, -0.25) is 9.09 Å². The van der Waals surface area contributed by atoms with E-state index in [9.17, 15) is 18.7 Å². The molecule has 0 bridgehead atoms. The lowest BCUT2D eigenvalue weighted by Gasteiger charge is -2.41. The minimum atomic E-state index is -3.36. The Labute approximate surface area is 152 Å². The molecule has 1 unspecified atom stereocenters. The van der Waals surface area contributed by atoms with Crippen LogP contribution < -0.4 is 11.4 Å². The molecule has 0 saturated carbocycles. The second kappa shape index (κ2) is 6.86. The van der Waals surface area contributed by atoms with Crippen molar-refractivity contribution in [2.24, 2.45) is 0 Å². The second-order valence-electron chi connectivity index (χ2n) is 6.20. The van der Waals surface area contributed by atoms with Crippen LogP contribution in [-0.4, -0.2) is 51.6 Å². The molecule has 0 spiro atoms. The molecule has 9 nitrogen and oxygen atoms in total. The third-order valence-electron chi connectivity index (χ3n) is 3.95. The van der Waals surface area contributed by atoms with Crippen LogP contribution in [0.4, 0.5) is 14.6 Å². The molecule has 0 amide bonds. The topological polar surface area (TPSA) is 118 Å². The summed E-state index contributed by atoms with van der Waals surface area (Å²) in [7, 11) is 0. The largest absolute Gasteiger partial charge is 0.386 e. The van der Waals surface area contributed by atoms with Crippen molar-refractivity contribution in [3.05, 3.63) is 22.7 Å². The van der Waals surface area contributed by atoms with Crippen molar-refractivity contribution in [1.82, 2.24) is 9.55 Å². The highest BCUT2D eigenvalue weighted by molar-refractivity contribution is 8.07. The van der Waals surface area contributed by atoms with Crippen LogP contribution in [-0.2, 0) is 30.1 Å². The SMILES string of the molecule is CC(C)OP1(=S)OC[C@@]2(C(F)F)O[C@@H](n3ccc(N)nc3=O)[C@@H](O)[C@@H]2O1. The van der Waals surface area contributed by atoms with Crippen molar-refractivity contribution < 1.29 is 32.2 Å². The third-order valence-corrected chi connectivity index (χ3v) is 6.39. The van der Waals surface area contributed by atoms with E-state index < -0.39 is 49.5 Å². The molecule has 3 rings (SSSR count). The number of hydrogen-bond donors (Lipinski definition) is 2. The van der Waals surface area contributed by atoms with Crippen molar-refractivity contribution in [3.8, 4) is 0 Å². The summed E-state index contributed by atoms with van der Waals surface area (Å²) in [6.45, 7) is -0.648. The first-order valence-electron chi connectivity index (χ1n) is 7.68. The number of rotatable bonds is 4. The van der Waals surface area contributed by atoms with E-state index in [4.69, 9.17) is 35.8 Å². The van der Waals surface area contributed by atoms with Gasteiger partial charge in [-0.05, 0) is 31.7 Å². The summed E-state index contributed by atoms with van der Waals surface area (Å²) < 4.78 is 50.1. The van der Waals surface area contributed by atoms with Crippen molar-refractivity contribution in [2.45, 2.75) is 50.4 Å². The van der Waals surface area contributed by atoms with Gasteiger partial charge in [-0.2, -0.15) is 4.98 Å². The Kier molecular flexibility index (Phi) is 5.21. The predicted octanol–water partition coefficient (Wildman–Crippen LogP) is 0.784. The smallest absolute Gasteiger partial charge is 0.351 e. The molecular weight excluding hydrogens is 395 g/mol.